The van der Waals surface area contributed by atoms with Crippen molar-refractivity contribution >= 4 is 0 Å². The molecule has 0 aliphatic carbocycles. The van der Waals surface area contributed by atoms with Gasteiger partial charge in [-0.2, -0.15) is 0 Å². The molecule has 2 rings (SSSR count). The summed E-state index contributed by atoms with van der Waals surface area (Å²) in [6.45, 7) is 5.52. The van der Waals surface area contributed by atoms with Crippen LogP contribution in [0.15, 0.2) is 12.4 Å². The average Bonchev–Trinajstić information content (AvgIpc) is 2.12. The Morgan fingerprint density at radius 2 is 2.00 bits per heavy atom. The lowest BCUT2D eigenvalue weighted by Crippen LogP contribution is -2.39. The molecule has 0 atom stereocenters. The van der Waals surface area contributed by atoms with Crippen molar-refractivity contribution in [3.05, 3.63) is 18.0 Å². The molecule has 2 heterocycles. The number of hydrogen-bond donors (Lipinski definition) is 0. The van der Waals surface area contributed by atoms with Crippen LogP contribution in [0.4, 0.5) is 0 Å². The van der Waals surface area contributed by atoms with Gasteiger partial charge in [0.15, 0.2) is 0 Å². The van der Waals surface area contributed by atoms with Gasteiger partial charge in [-0.25, -0.2) is 9.97 Å². The maximum Gasteiger partial charge on any atom is 0.316 e. The van der Waals surface area contributed by atoms with Crippen LogP contribution in [0.5, 0.6) is 6.01 Å². The predicted octanol–water partition coefficient (Wildman–Crippen LogP) is 1.38. The molecule has 1 fully saturated rings. The summed E-state index contributed by atoms with van der Waals surface area (Å²) < 4.78 is 10.4. The second-order valence-electron chi connectivity index (χ2n) is 3.73. The first-order valence-electron chi connectivity index (χ1n) is 4.82. The van der Waals surface area contributed by atoms with Gasteiger partial charge in [-0.1, -0.05) is 13.8 Å². The molecule has 0 bridgehead atoms. The third-order valence-electron chi connectivity index (χ3n) is 2.19. The summed E-state index contributed by atoms with van der Waals surface area (Å²) in [5, 5.41) is 0. The molecule has 14 heavy (non-hydrogen) atoms. The molecule has 1 aromatic heterocycles. The van der Waals surface area contributed by atoms with Crippen molar-refractivity contribution in [3.8, 4) is 6.01 Å². The highest BCUT2D eigenvalue weighted by atomic mass is 16.6. The van der Waals surface area contributed by atoms with E-state index < -0.39 is 0 Å². The van der Waals surface area contributed by atoms with E-state index in [-0.39, 0.29) is 6.10 Å². The molecular weight excluding hydrogens is 180 g/mol. The van der Waals surface area contributed by atoms with Gasteiger partial charge in [0.2, 0.25) is 0 Å². The van der Waals surface area contributed by atoms with E-state index in [4.69, 9.17) is 9.47 Å². The highest BCUT2D eigenvalue weighted by Crippen LogP contribution is 2.14. The molecule has 76 valence electrons. The standard InChI is InChI=1S/C10H14N2O2/c1-7(2)8-3-11-10(12-4-8)14-9-5-13-6-9/h3-4,7,9H,5-6H2,1-2H3. The van der Waals surface area contributed by atoms with Crippen LogP contribution in [0.2, 0.25) is 0 Å². The van der Waals surface area contributed by atoms with Gasteiger partial charge < -0.3 is 9.47 Å². The average molecular weight is 194 g/mol. The first-order chi connectivity index (χ1) is 6.75. The Balaban J connectivity index is 1.98. The largest absolute Gasteiger partial charge is 0.455 e. The lowest BCUT2D eigenvalue weighted by Gasteiger charge is -2.25. The lowest BCUT2D eigenvalue weighted by molar-refractivity contribution is -0.0831. The number of rotatable bonds is 3. The summed E-state index contributed by atoms with van der Waals surface area (Å²) in [6.07, 6.45) is 3.76. The molecular formula is C10H14N2O2. The van der Waals surface area contributed by atoms with Gasteiger partial charge in [-0.15, -0.1) is 0 Å². The maximum absolute atomic E-state index is 5.44. The zero-order valence-electron chi connectivity index (χ0n) is 8.43. The minimum Gasteiger partial charge on any atom is -0.455 e. The van der Waals surface area contributed by atoms with Crippen molar-refractivity contribution in [3.63, 3.8) is 0 Å². The topological polar surface area (TPSA) is 44.2 Å². The van der Waals surface area contributed by atoms with Crippen LogP contribution in [0.1, 0.15) is 25.3 Å². The third kappa shape index (κ3) is 2.01. The Bertz CT molecular complexity index is 293. The predicted molar refractivity (Wildman–Crippen MR) is 51.4 cm³/mol. The highest BCUT2D eigenvalue weighted by molar-refractivity contribution is 5.11. The van der Waals surface area contributed by atoms with Gasteiger partial charge >= 0.3 is 6.01 Å². The Morgan fingerprint density at radius 1 is 1.36 bits per heavy atom. The van der Waals surface area contributed by atoms with E-state index in [9.17, 15) is 0 Å². The summed E-state index contributed by atoms with van der Waals surface area (Å²) in [7, 11) is 0. The highest BCUT2D eigenvalue weighted by Gasteiger charge is 2.21. The number of hydrogen-bond acceptors (Lipinski definition) is 4. The van der Waals surface area contributed by atoms with E-state index in [1.54, 1.807) is 0 Å². The van der Waals surface area contributed by atoms with Crippen molar-refractivity contribution in [2.45, 2.75) is 25.9 Å². The number of aromatic nitrogens is 2. The van der Waals surface area contributed by atoms with Crippen molar-refractivity contribution in [1.82, 2.24) is 9.97 Å². The number of ether oxygens (including phenoxy) is 2. The summed E-state index contributed by atoms with van der Waals surface area (Å²) in [5.74, 6) is 0.455. The molecule has 1 aromatic rings. The number of nitrogens with zero attached hydrogens (tertiary/aromatic N) is 2. The maximum atomic E-state index is 5.44. The van der Waals surface area contributed by atoms with Crippen LogP contribution in [-0.2, 0) is 4.74 Å². The lowest BCUT2D eigenvalue weighted by atomic mass is 10.1. The van der Waals surface area contributed by atoms with Crippen molar-refractivity contribution in [2.24, 2.45) is 0 Å². The molecule has 0 spiro atoms. The zero-order valence-corrected chi connectivity index (χ0v) is 8.43. The minimum atomic E-state index is 0.139. The van der Waals surface area contributed by atoms with Gasteiger partial charge in [0, 0.05) is 12.4 Å². The van der Waals surface area contributed by atoms with Crippen molar-refractivity contribution in [1.29, 1.82) is 0 Å². The van der Waals surface area contributed by atoms with Gasteiger partial charge in [0.1, 0.15) is 6.10 Å². The Kier molecular flexibility index (Phi) is 2.63. The summed E-state index contributed by atoms with van der Waals surface area (Å²) in [5.41, 5.74) is 1.13. The molecule has 1 saturated heterocycles. The zero-order chi connectivity index (χ0) is 9.97. The third-order valence-corrected chi connectivity index (χ3v) is 2.19. The van der Waals surface area contributed by atoms with E-state index in [0.29, 0.717) is 25.1 Å². The fourth-order valence-electron chi connectivity index (χ4n) is 1.12. The minimum absolute atomic E-state index is 0.139. The van der Waals surface area contributed by atoms with E-state index >= 15 is 0 Å². The molecule has 4 nitrogen and oxygen atoms in total. The van der Waals surface area contributed by atoms with Gasteiger partial charge in [-0.05, 0) is 11.5 Å². The van der Waals surface area contributed by atoms with E-state index in [0.717, 1.165) is 5.56 Å². The van der Waals surface area contributed by atoms with Crippen LogP contribution in [0.25, 0.3) is 0 Å². The molecule has 0 radical (unpaired) electrons. The molecule has 0 amide bonds. The van der Waals surface area contributed by atoms with E-state index in [2.05, 4.69) is 23.8 Å². The van der Waals surface area contributed by atoms with Gasteiger partial charge in [0.05, 0.1) is 13.2 Å². The quantitative estimate of drug-likeness (QED) is 0.729. The Morgan fingerprint density at radius 3 is 2.43 bits per heavy atom. The van der Waals surface area contributed by atoms with Crippen molar-refractivity contribution in [2.75, 3.05) is 13.2 Å². The van der Waals surface area contributed by atoms with E-state index in [1.165, 1.54) is 0 Å². The second-order valence-corrected chi connectivity index (χ2v) is 3.73. The smallest absolute Gasteiger partial charge is 0.316 e. The molecule has 4 heteroatoms. The molecule has 0 N–H and O–H groups in total. The molecule has 0 saturated carbocycles. The SMILES string of the molecule is CC(C)c1cnc(OC2COC2)nc1. The molecule has 1 aliphatic rings. The Hall–Kier alpha value is -1.16. The summed E-state index contributed by atoms with van der Waals surface area (Å²) in [6, 6.07) is 0.447. The summed E-state index contributed by atoms with van der Waals surface area (Å²) >= 11 is 0. The first-order valence-corrected chi connectivity index (χ1v) is 4.82. The molecule has 0 unspecified atom stereocenters. The van der Waals surface area contributed by atoms with E-state index in [1.807, 2.05) is 12.4 Å². The fourth-order valence-corrected chi connectivity index (χ4v) is 1.12. The monoisotopic (exact) mass is 194 g/mol. The molecule has 0 aromatic carbocycles. The molecule has 1 aliphatic heterocycles. The van der Waals surface area contributed by atoms with Crippen LogP contribution in [-0.4, -0.2) is 29.3 Å². The normalized spacial score (nSPS) is 16.8. The van der Waals surface area contributed by atoms with Crippen LogP contribution in [0.3, 0.4) is 0 Å². The van der Waals surface area contributed by atoms with Gasteiger partial charge in [-0.3, -0.25) is 0 Å². The van der Waals surface area contributed by atoms with Gasteiger partial charge in [0.25, 0.3) is 0 Å². The fraction of sp³-hybridized carbons (Fsp3) is 0.600. The summed E-state index contributed by atoms with van der Waals surface area (Å²) in [4.78, 5) is 8.27. The van der Waals surface area contributed by atoms with Crippen LogP contribution >= 0.6 is 0 Å². The van der Waals surface area contributed by atoms with Crippen LogP contribution in [0, 0.1) is 0 Å². The van der Waals surface area contributed by atoms with Crippen molar-refractivity contribution < 1.29 is 9.47 Å². The second kappa shape index (κ2) is 3.92. The Labute approximate surface area is 83.3 Å². The first kappa shape index (κ1) is 9.40. The van der Waals surface area contributed by atoms with Crippen LogP contribution < -0.4 is 4.74 Å².